The van der Waals surface area contributed by atoms with Gasteiger partial charge in [0.1, 0.15) is 18.5 Å². The van der Waals surface area contributed by atoms with E-state index in [0.717, 1.165) is 5.56 Å². The van der Waals surface area contributed by atoms with E-state index >= 15 is 0 Å². The molecule has 2 atom stereocenters. The molecule has 2 amide bonds. The fourth-order valence-corrected chi connectivity index (χ4v) is 3.24. The van der Waals surface area contributed by atoms with Crippen molar-refractivity contribution in [1.82, 2.24) is 5.32 Å². The van der Waals surface area contributed by atoms with Crippen molar-refractivity contribution in [3.05, 3.63) is 90.0 Å². The van der Waals surface area contributed by atoms with Gasteiger partial charge in [0.15, 0.2) is 0 Å². The number of rotatable bonds is 11. The number of nitrogens with one attached hydrogen (secondary N) is 3. The molecule has 0 saturated carbocycles. The van der Waals surface area contributed by atoms with E-state index in [9.17, 15) is 15.0 Å². The molecule has 34 heavy (non-hydrogen) atoms. The molecule has 0 saturated heterocycles. The molecule has 0 radical (unpaired) electrons. The third kappa shape index (κ3) is 8.22. The number of urea groups is 1. The first-order valence-electron chi connectivity index (χ1n) is 10.9. The molecule has 8 heteroatoms. The van der Waals surface area contributed by atoms with Crippen molar-refractivity contribution in [2.75, 3.05) is 30.4 Å². The van der Waals surface area contributed by atoms with Crippen LogP contribution in [-0.2, 0) is 6.42 Å². The summed E-state index contributed by atoms with van der Waals surface area (Å²) in [7, 11) is 0. The molecule has 176 valence electrons. The molecular weight excluding hydrogens is 432 g/mol. The normalized spacial score (nSPS) is 12.3. The van der Waals surface area contributed by atoms with Gasteiger partial charge in [0, 0.05) is 24.0 Å². The van der Waals surface area contributed by atoms with E-state index in [-0.39, 0.29) is 25.8 Å². The van der Waals surface area contributed by atoms with Crippen LogP contribution in [0.5, 0.6) is 5.75 Å². The highest BCUT2D eigenvalue weighted by Crippen LogP contribution is 2.14. The van der Waals surface area contributed by atoms with Crippen molar-refractivity contribution in [3.63, 3.8) is 0 Å². The Morgan fingerprint density at radius 1 is 0.971 bits per heavy atom. The molecule has 0 aromatic heterocycles. The van der Waals surface area contributed by atoms with Crippen LogP contribution in [-0.4, -0.2) is 48.1 Å². The number of anilines is 2. The summed E-state index contributed by atoms with van der Waals surface area (Å²) in [6, 6.07) is 24.6. The van der Waals surface area contributed by atoms with E-state index < -0.39 is 12.1 Å². The van der Waals surface area contributed by atoms with Gasteiger partial charge in [0.05, 0.1) is 18.2 Å². The van der Waals surface area contributed by atoms with Crippen LogP contribution in [0, 0.1) is 11.3 Å². The summed E-state index contributed by atoms with van der Waals surface area (Å²) >= 11 is 0. The number of benzene rings is 3. The minimum atomic E-state index is -0.715. The number of aliphatic hydroxyl groups excluding tert-OH is 2. The van der Waals surface area contributed by atoms with E-state index in [2.05, 4.69) is 16.0 Å². The van der Waals surface area contributed by atoms with Crippen molar-refractivity contribution >= 4 is 17.4 Å². The van der Waals surface area contributed by atoms with Crippen LogP contribution in [0.15, 0.2) is 78.9 Å². The van der Waals surface area contributed by atoms with Gasteiger partial charge in [-0.2, -0.15) is 5.26 Å². The van der Waals surface area contributed by atoms with Crippen molar-refractivity contribution in [3.8, 4) is 11.8 Å². The fourth-order valence-electron chi connectivity index (χ4n) is 3.24. The Kier molecular flexibility index (Phi) is 9.43. The average molecular weight is 461 g/mol. The first-order valence-corrected chi connectivity index (χ1v) is 10.9. The lowest BCUT2D eigenvalue weighted by Gasteiger charge is -2.19. The van der Waals surface area contributed by atoms with Gasteiger partial charge in [-0.1, -0.05) is 36.4 Å². The van der Waals surface area contributed by atoms with Crippen molar-refractivity contribution in [1.29, 1.82) is 5.26 Å². The molecule has 0 spiro atoms. The summed E-state index contributed by atoms with van der Waals surface area (Å²) in [5.41, 5.74) is 2.57. The molecule has 3 aromatic rings. The minimum Gasteiger partial charge on any atom is -0.491 e. The van der Waals surface area contributed by atoms with Gasteiger partial charge >= 0.3 is 6.03 Å². The number of hydrogen-bond donors (Lipinski definition) is 5. The topological polar surface area (TPSA) is 127 Å². The zero-order valence-corrected chi connectivity index (χ0v) is 18.6. The standard InChI is InChI=1S/C26H28N4O4/c27-15-20-5-4-6-22(14-20)30-26(33)29-21-11-9-19(10-12-21)13-23(17-31)28-16-24(32)18-34-25-7-2-1-3-8-25/h1-12,14,23-24,28,31-32H,13,16-18H2,(H2,29,30,33)/t23-,24-/m0/s1. The second-order valence-electron chi connectivity index (χ2n) is 7.74. The molecule has 0 aliphatic carbocycles. The SMILES string of the molecule is N#Cc1cccc(NC(=O)Nc2ccc(C[C@@H](CO)NC[C@H](O)COc3ccccc3)cc2)c1. The second-order valence-corrected chi connectivity index (χ2v) is 7.74. The Morgan fingerprint density at radius 2 is 1.71 bits per heavy atom. The van der Waals surface area contributed by atoms with Gasteiger partial charge in [0.2, 0.25) is 0 Å². The molecule has 3 aromatic carbocycles. The first-order chi connectivity index (χ1) is 16.6. The number of amides is 2. The van der Waals surface area contributed by atoms with Crippen LogP contribution in [0.25, 0.3) is 0 Å². The molecule has 0 aliphatic heterocycles. The minimum absolute atomic E-state index is 0.0869. The zero-order chi connectivity index (χ0) is 24.2. The lowest BCUT2D eigenvalue weighted by Crippen LogP contribution is -2.41. The van der Waals surface area contributed by atoms with Crippen LogP contribution in [0.4, 0.5) is 16.2 Å². The summed E-state index contributed by atoms with van der Waals surface area (Å²) in [5.74, 6) is 0.693. The molecule has 8 nitrogen and oxygen atoms in total. The third-order valence-corrected chi connectivity index (χ3v) is 4.99. The molecule has 0 fully saturated rings. The lowest BCUT2D eigenvalue weighted by molar-refractivity contribution is 0.0997. The number of carbonyl (C=O) groups is 1. The van der Waals surface area contributed by atoms with Crippen molar-refractivity contribution in [2.24, 2.45) is 0 Å². The summed E-state index contributed by atoms with van der Waals surface area (Å²) in [5, 5.41) is 37.4. The van der Waals surface area contributed by atoms with Gasteiger partial charge in [-0.25, -0.2) is 4.79 Å². The molecule has 0 unspecified atom stereocenters. The number of nitrogens with zero attached hydrogens (tertiary/aromatic N) is 1. The van der Waals surface area contributed by atoms with Crippen molar-refractivity contribution in [2.45, 2.75) is 18.6 Å². The highest BCUT2D eigenvalue weighted by atomic mass is 16.5. The summed E-state index contributed by atoms with van der Waals surface area (Å²) in [6.45, 7) is 0.347. The maximum atomic E-state index is 12.2. The van der Waals surface area contributed by atoms with Crippen LogP contribution < -0.4 is 20.7 Å². The largest absolute Gasteiger partial charge is 0.491 e. The molecule has 0 aliphatic rings. The Bertz CT molecular complexity index is 1080. The Morgan fingerprint density at radius 3 is 2.41 bits per heavy atom. The Hall–Kier alpha value is -3.90. The Labute approximate surface area is 198 Å². The van der Waals surface area contributed by atoms with E-state index in [4.69, 9.17) is 10.00 Å². The number of ether oxygens (including phenoxy) is 1. The number of para-hydroxylation sites is 1. The van der Waals surface area contributed by atoms with E-state index in [1.807, 2.05) is 48.5 Å². The molecular formula is C26H28N4O4. The lowest BCUT2D eigenvalue weighted by atomic mass is 10.1. The van der Waals surface area contributed by atoms with Gasteiger partial charge < -0.3 is 30.9 Å². The van der Waals surface area contributed by atoms with E-state index in [1.165, 1.54) is 0 Å². The highest BCUT2D eigenvalue weighted by molar-refractivity contribution is 5.99. The predicted molar refractivity (Wildman–Crippen MR) is 131 cm³/mol. The number of aliphatic hydroxyl groups is 2. The first kappa shape index (κ1) is 24.7. The quantitative estimate of drug-likeness (QED) is 0.299. The molecule has 3 rings (SSSR count). The highest BCUT2D eigenvalue weighted by Gasteiger charge is 2.12. The molecule has 0 heterocycles. The fraction of sp³-hybridized carbons (Fsp3) is 0.231. The van der Waals surface area contributed by atoms with E-state index in [1.54, 1.807) is 36.4 Å². The second kappa shape index (κ2) is 13.0. The van der Waals surface area contributed by atoms with Crippen LogP contribution in [0.1, 0.15) is 11.1 Å². The van der Waals surface area contributed by atoms with Gasteiger partial charge in [-0.15, -0.1) is 0 Å². The Balaban J connectivity index is 1.43. The van der Waals surface area contributed by atoms with Gasteiger partial charge in [-0.3, -0.25) is 0 Å². The zero-order valence-electron chi connectivity index (χ0n) is 18.6. The third-order valence-electron chi connectivity index (χ3n) is 4.99. The smallest absolute Gasteiger partial charge is 0.323 e. The average Bonchev–Trinajstić information content (AvgIpc) is 2.87. The van der Waals surface area contributed by atoms with Crippen LogP contribution in [0.3, 0.4) is 0 Å². The maximum Gasteiger partial charge on any atom is 0.323 e. The maximum absolute atomic E-state index is 12.2. The van der Waals surface area contributed by atoms with E-state index in [0.29, 0.717) is 29.1 Å². The van der Waals surface area contributed by atoms with Crippen molar-refractivity contribution < 1.29 is 19.7 Å². The van der Waals surface area contributed by atoms with Crippen LogP contribution in [0.2, 0.25) is 0 Å². The van der Waals surface area contributed by atoms with Crippen LogP contribution >= 0.6 is 0 Å². The summed E-state index contributed by atoms with van der Waals surface area (Å²) in [6.07, 6.45) is -0.163. The predicted octanol–water partition coefficient (Wildman–Crippen LogP) is 3.14. The monoisotopic (exact) mass is 460 g/mol. The number of hydrogen-bond acceptors (Lipinski definition) is 6. The molecule has 0 bridgehead atoms. The molecule has 5 N–H and O–H groups in total. The summed E-state index contributed by atoms with van der Waals surface area (Å²) < 4.78 is 5.54. The number of carbonyl (C=O) groups excluding carboxylic acids is 1. The van der Waals surface area contributed by atoms with Gasteiger partial charge in [-0.05, 0) is 54.4 Å². The van der Waals surface area contributed by atoms with Gasteiger partial charge in [0.25, 0.3) is 0 Å². The number of nitriles is 1. The summed E-state index contributed by atoms with van der Waals surface area (Å²) in [4.78, 5) is 12.2.